The minimum Gasteiger partial charge on any atom is -0.493 e. The van der Waals surface area contributed by atoms with E-state index in [-0.39, 0.29) is 36.3 Å². The molecule has 0 spiro atoms. The molecule has 4 rings (SSSR count). The molecule has 0 bridgehead atoms. The number of methoxy groups -OCH3 is 1. The fourth-order valence-electron chi connectivity index (χ4n) is 4.56. The van der Waals surface area contributed by atoms with Crippen LogP contribution < -0.4 is 14.8 Å². The summed E-state index contributed by atoms with van der Waals surface area (Å²) < 4.78 is 11.4. The molecule has 2 aliphatic rings. The topological polar surface area (TPSA) is 88.1 Å². The highest BCUT2D eigenvalue weighted by Crippen LogP contribution is 2.39. The normalized spacial score (nSPS) is 24.9. The van der Waals surface area contributed by atoms with Gasteiger partial charge in [-0.2, -0.15) is 0 Å². The van der Waals surface area contributed by atoms with E-state index in [1.165, 1.54) is 0 Å². The first kappa shape index (κ1) is 21.2. The third-order valence-corrected chi connectivity index (χ3v) is 6.22. The molecule has 2 N–H and O–H groups in total. The van der Waals surface area contributed by atoms with Crippen molar-refractivity contribution in [2.45, 2.75) is 25.0 Å². The van der Waals surface area contributed by atoms with Gasteiger partial charge in [-0.25, -0.2) is 0 Å². The lowest BCUT2D eigenvalue weighted by atomic mass is 9.78. The first-order valence-corrected chi connectivity index (χ1v) is 10.6. The zero-order chi connectivity index (χ0) is 21.8. The van der Waals surface area contributed by atoms with Crippen LogP contribution in [0.1, 0.15) is 23.2 Å². The fourth-order valence-corrected chi connectivity index (χ4v) is 4.56. The highest BCUT2D eigenvalue weighted by atomic mass is 16.5. The number of aliphatic hydroxyl groups is 1. The van der Waals surface area contributed by atoms with Crippen molar-refractivity contribution in [3.8, 4) is 11.5 Å². The summed E-state index contributed by atoms with van der Waals surface area (Å²) in [5, 5.41) is 13.3. The molecule has 2 aromatic carbocycles. The Morgan fingerprint density at radius 1 is 1.00 bits per heavy atom. The molecule has 7 nitrogen and oxygen atoms in total. The predicted molar refractivity (Wildman–Crippen MR) is 115 cm³/mol. The summed E-state index contributed by atoms with van der Waals surface area (Å²) in [6, 6.07) is 16.2. The Morgan fingerprint density at radius 3 is 2.35 bits per heavy atom. The zero-order valence-electron chi connectivity index (χ0n) is 17.6. The van der Waals surface area contributed by atoms with Crippen molar-refractivity contribution in [1.82, 2.24) is 10.2 Å². The lowest BCUT2D eigenvalue weighted by molar-refractivity contribution is -0.129. The Kier molecular flexibility index (Phi) is 6.42. The predicted octanol–water partition coefficient (Wildman–Crippen LogP) is 2.10. The van der Waals surface area contributed by atoms with Crippen molar-refractivity contribution in [1.29, 1.82) is 0 Å². The Hall–Kier alpha value is -3.06. The van der Waals surface area contributed by atoms with E-state index in [1.54, 1.807) is 36.3 Å². The SMILES string of the molecule is COc1ccccc1O[C@@H]1C[C@@H]2CN(C(=O)CNC(=O)c3ccccc3)C[C@@H]2C[C@H]1O. The van der Waals surface area contributed by atoms with E-state index in [0.717, 1.165) is 0 Å². The second-order valence-electron chi connectivity index (χ2n) is 8.21. The summed E-state index contributed by atoms with van der Waals surface area (Å²) in [4.78, 5) is 26.6. The van der Waals surface area contributed by atoms with Crippen LogP contribution in [0, 0.1) is 11.8 Å². The van der Waals surface area contributed by atoms with Gasteiger partial charge in [-0.15, -0.1) is 0 Å². The van der Waals surface area contributed by atoms with Gasteiger partial charge in [0.15, 0.2) is 11.5 Å². The van der Waals surface area contributed by atoms with Gasteiger partial charge in [0.1, 0.15) is 6.10 Å². The molecule has 2 aromatic rings. The number of hydrogen-bond donors (Lipinski definition) is 2. The van der Waals surface area contributed by atoms with E-state index in [9.17, 15) is 14.7 Å². The Bertz CT molecular complexity index is 919. The minimum absolute atomic E-state index is 0.0309. The number of benzene rings is 2. The summed E-state index contributed by atoms with van der Waals surface area (Å²) in [6.07, 6.45) is 0.318. The first-order valence-electron chi connectivity index (χ1n) is 10.6. The number of carbonyl (C=O) groups excluding carboxylic acids is 2. The standard InChI is InChI=1S/C24H28N2O5/c1-30-20-9-5-6-10-21(20)31-22-12-18-15-26(14-17(18)11-19(22)27)23(28)13-25-24(29)16-7-3-2-4-8-16/h2-10,17-19,22,27H,11-15H2,1H3,(H,25,29)/t17-,18+,19+,22+/m0/s1. The van der Waals surface area contributed by atoms with Crippen molar-refractivity contribution in [2.24, 2.45) is 11.8 Å². The number of nitrogens with one attached hydrogen (secondary N) is 1. The smallest absolute Gasteiger partial charge is 0.251 e. The van der Waals surface area contributed by atoms with E-state index < -0.39 is 6.10 Å². The highest BCUT2D eigenvalue weighted by molar-refractivity contribution is 5.96. The zero-order valence-corrected chi connectivity index (χ0v) is 17.6. The lowest BCUT2D eigenvalue weighted by Crippen LogP contribution is -2.42. The molecule has 31 heavy (non-hydrogen) atoms. The second-order valence-corrected chi connectivity index (χ2v) is 8.21. The van der Waals surface area contributed by atoms with Crippen molar-refractivity contribution in [2.75, 3.05) is 26.7 Å². The van der Waals surface area contributed by atoms with Crippen molar-refractivity contribution in [3.63, 3.8) is 0 Å². The first-order chi connectivity index (χ1) is 15.0. The molecule has 0 radical (unpaired) electrons. The number of para-hydroxylation sites is 2. The summed E-state index contributed by atoms with van der Waals surface area (Å²) in [5.74, 6) is 1.39. The van der Waals surface area contributed by atoms with Gasteiger partial charge in [0.2, 0.25) is 5.91 Å². The van der Waals surface area contributed by atoms with E-state index >= 15 is 0 Å². The molecule has 2 amide bonds. The number of fused-ring (bicyclic) bond motifs is 1. The number of nitrogens with zero attached hydrogens (tertiary/aromatic N) is 1. The number of amides is 2. The Morgan fingerprint density at radius 2 is 1.65 bits per heavy atom. The van der Waals surface area contributed by atoms with Gasteiger partial charge < -0.3 is 24.8 Å². The maximum atomic E-state index is 12.7. The molecule has 0 unspecified atom stereocenters. The summed E-state index contributed by atoms with van der Waals surface area (Å²) >= 11 is 0. The third kappa shape index (κ3) is 4.82. The number of hydrogen-bond acceptors (Lipinski definition) is 5. The lowest BCUT2D eigenvalue weighted by Gasteiger charge is -2.35. The fraction of sp³-hybridized carbons (Fsp3) is 0.417. The molecule has 0 aromatic heterocycles. The molecule has 1 saturated carbocycles. The highest BCUT2D eigenvalue weighted by Gasteiger charge is 2.44. The molecule has 4 atom stereocenters. The van der Waals surface area contributed by atoms with Crippen molar-refractivity contribution < 1.29 is 24.2 Å². The molecular formula is C24H28N2O5. The molecule has 1 aliphatic heterocycles. The van der Waals surface area contributed by atoms with Gasteiger partial charge in [-0.05, 0) is 48.9 Å². The molecule has 7 heteroatoms. The van der Waals surface area contributed by atoms with Crippen LogP contribution in [-0.4, -0.2) is 60.8 Å². The molecular weight excluding hydrogens is 396 g/mol. The van der Waals surface area contributed by atoms with E-state index in [0.29, 0.717) is 43.0 Å². The number of likely N-dealkylation sites (tertiary alicyclic amines) is 1. The largest absolute Gasteiger partial charge is 0.493 e. The van der Waals surface area contributed by atoms with Crippen LogP contribution in [0.3, 0.4) is 0 Å². The summed E-state index contributed by atoms with van der Waals surface area (Å²) in [6.45, 7) is 1.18. The molecule has 1 saturated heterocycles. The van der Waals surface area contributed by atoms with Crippen LogP contribution in [0.5, 0.6) is 11.5 Å². The number of ether oxygens (including phenoxy) is 2. The minimum atomic E-state index is -0.598. The van der Waals surface area contributed by atoms with Gasteiger partial charge in [0.25, 0.3) is 5.91 Å². The average Bonchev–Trinajstić information content (AvgIpc) is 3.21. The van der Waals surface area contributed by atoms with E-state index in [2.05, 4.69) is 5.32 Å². The summed E-state index contributed by atoms with van der Waals surface area (Å²) in [5.41, 5.74) is 0.532. The van der Waals surface area contributed by atoms with Crippen molar-refractivity contribution in [3.05, 3.63) is 60.2 Å². The maximum absolute atomic E-state index is 12.7. The Labute approximate surface area is 182 Å². The maximum Gasteiger partial charge on any atom is 0.251 e. The summed E-state index contributed by atoms with van der Waals surface area (Å²) in [7, 11) is 1.59. The van der Waals surface area contributed by atoms with Crippen LogP contribution in [0.15, 0.2) is 54.6 Å². The van der Waals surface area contributed by atoms with Crippen LogP contribution in [0.4, 0.5) is 0 Å². The van der Waals surface area contributed by atoms with Crippen molar-refractivity contribution >= 4 is 11.8 Å². The van der Waals surface area contributed by atoms with Gasteiger partial charge in [0.05, 0.1) is 19.8 Å². The monoisotopic (exact) mass is 424 g/mol. The quantitative estimate of drug-likeness (QED) is 0.742. The van der Waals surface area contributed by atoms with Crippen LogP contribution in [0.2, 0.25) is 0 Å². The number of carbonyl (C=O) groups is 2. The average molecular weight is 424 g/mol. The molecule has 164 valence electrons. The molecule has 1 heterocycles. The second kappa shape index (κ2) is 9.39. The van der Waals surface area contributed by atoms with Gasteiger partial charge in [-0.3, -0.25) is 9.59 Å². The van der Waals surface area contributed by atoms with Gasteiger partial charge >= 0.3 is 0 Å². The van der Waals surface area contributed by atoms with Crippen LogP contribution in [-0.2, 0) is 4.79 Å². The third-order valence-electron chi connectivity index (χ3n) is 6.22. The van der Waals surface area contributed by atoms with Gasteiger partial charge in [0, 0.05) is 18.7 Å². The number of aliphatic hydroxyl groups excluding tert-OH is 1. The van der Waals surface area contributed by atoms with E-state index in [4.69, 9.17) is 9.47 Å². The molecule has 1 aliphatic carbocycles. The molecule has 2 fully saturated rings. The van der Waals surface area contributed by atoms with Crippen LogP contribution in [0.25, 0.3) is 0 Å². The van der Waals surface area contributed by atoms with Gasteiger partial charge in [-0.1, -0.05) is 30.3 Å². The van der Waals surface area contributed by atoms with E-state index in [1.807, 2.05) is 30.3 Å². The number of rotatable bonds is 6. The van der Waals surface area contributed by atoms with Crippen LogP contribution >= 0.6 is 0 Å². The Balaban J connectivity index is 1.32.